The van der Waals surface area contributed by atoms with Crippen molar-refractivity contribution in [3.8, 4) is 0 Å². The molecule has 1 aromatic carbocycles. The molecule has 6 nitrogen and oxygen atoms in total. The van der Waals surface area contributed by atoms with E-state index in [1.54, 1.807) is 12.1 Å². The van der Waals surface area contributed by atoms with Crippen molar-refractivity contribution < 1.29 is 9.59 Å². The lowest BCUT2D eigenvalue weighted by molar-refractivity contribution is -0.116. The summed E-state index contributed by atoms with van der Waals surface area (Å²) in [5.74, 6) is 0.157. The van der Waals surface area contributed by atoms with E-state index in [0.29, 0.717) is 12.1 Å². The molecule has 0 bridgehead atoms. The molecule has 1 aliphatic rings. The number of carbonyl (C=O) groups excluding carboxylic acids is 2. The van der Waals surface area contributed by atoms with Crippen molar-refractivity contribution in [2.24, 2.45) is 11.7 Å². The van der Waals surface area contributed by atoms with Gasteiger partial charge in [0.2, 0.25) is 11.8 Å². The molecular formula is C18H27ClN4O2. The van der Waals surface area contributed by atoms with Crippen molar-refractivity contribution >= 4 is 29.1 Å². The number of likely N-dealkylation sites (tertiary alicyclic amines) is 1. The predicted octanol–water partition coefficient (Wildman–Crippen LogP) is 2.09. The van der Waals surface area contributed by atoms with Gasteiger partial charge in [0, 0.05) is 18.7 Å². The predicted molar refractivity (Wildman–Crippen MR) is 101 cm³/mol. The third-order valence-corrected chi connectivity index (χ3v) is 5.00. The molecule has 0 saturated carbocycles. The van der Waals surface area contributed by atoms with Crippen LogP contribution in [0.15, 0.2) is 18.2 Å². The molecule has 0 spiro atoms. The average Bonchev–Trinajstić information content (AvgIpc) is 2.59. The number of halogens is 1. The second-order valence-corrected chi connectivity index (χ2v) is 6.94. The first-order chi connectivity index (χ1) is 12.0. The van der Waals surface area contributed by atoms with Crippen LogP contribution < -0.4 is 16.4 Å². The highest BCUT2D eigenvalue weighted by molar-refractivity contribution is 6.34. The number of amides is 2. The van der Waals surface area contributed by atoms with E-state index in [2.05, 4.69) is 15.5 Å². The van der Waals surface area contributed by atoms with Crippen LogP contribution in [0.4, 0.5) is 5.69 Å². The molecule has 138 valence electrons. The van der Waals surface area contributed by atoms with Crippen molar-refractivity contribution in [3.63, 3.8) is 0 Å². The number of nitrogens with zero attached hydrogens (tertiary/aromatic N) is 1. The lowest BCUT2D eigenvalue weighted by Crippen LogP contribution is -2.36. The summed E-state index contributed by atoms with van der Waals surface area (Å²) >= 11 is 5.99. The summed E-state index contributed by atoms with van der Waals surface area (Å²) in [5.41, 5.74) is 6.04. The van der Waals surface area contributed by atoms with Crippen molar-refractivity contribution in [1.29, 1.82) is 0 Å². The van der Waals surface area contributed by atoms with E-state index < -0.39 is 5.91 Å². The summed E-state index contributed by atoms with van der Waals surface area (Å²) in [6, 6.07) is 4.71. The Hall–Kier alpha value is -1.63. The first-order valence-electron chi connectivity index (χ1n) is 8.75. The zero-order chi connectivity index (χ0) is 18.2. The molecule has 1 aliphatic heterocycles. The van der Waals surface area contributed by atoms with Gasteiger partial charge in [0.25, 0.3) is 0 Å². The number of hydrogen-bond donors (Lipinski definition) is 3. The minimum atomic E-state index is -0.582. The summed E-state index contributed by atoms with van der Waals surface area (Å²) < 4.78 is 0. The maximum atomic E-state index is 12.1. The molecule has 0 atom stereocenters. The molecule has 2 rings (SSSR count). The average molecular weight is 367 g/mol. The number of anilines is 1. The van der Waals surface area contributed by atoms with E-state index in [1.165, 1.54) is 25.3 Å². The lowest BCUT2D eigenvalue weighted by Gasteiger charge is -2.31. The number of rotatable bonds is 8. The monoisotopic (exact) mass is 366 g/mol. The molecule has 1 heterocycles. The van der Waals surface area contributed by atoms with Gasteiger partial charge >= 0.3 is 0 Å². The smallest absolute Gasteiger partial charge is 0.250 e. The van der Waals surface area contributed by atoms with Gasteiger partial charge < -0.3 is 21.3 Å². The molecule has 0 radical (unpaired) electrons. The molecular weight excluding hydrogens is 340 g/mol. The largest absolute Gasteiger partial charge is 0.366 e. The van der Waals surface area contributed by atoms with Gasteiger partial charge in [-0.05, 0) is 70.1 Å². The highest BCUT2D eigenvalue weighted by Gasteiger charge is 2.19. The van der Waals surface area contributed by atoms with Crippen molar-refractivity contribution in [2.45, 2.75) is 25.7 Å². The van der Waals surface area contributed by atoms with Crippen molar-refractivity contribution in [3.05, 3.63) is 28.8 Å². The minimum Gasteiger partial charge on any atom is -0.366 e. The van der Waals surface area contributed by atoms with E-state index >= 15 is 0 Å². The van der Waals surface area contributed by atoms with Crippen LogP contribution >= 0.6 is 11.6 Å². The van der Waals surface area contributed by atoms with Crippen LogP contribution in [0.25, 0.3) is 0 Å². The number of nitrogens with two attached hydrogens (primary N) is 1. The SMILES string of the molecule is CNCCC1CCN(CCC(=O)Nc2ccc(C(N)=O)c(Cl)c2)CC1. The Bertz CT molecular complexity index is 601. The van der Waals surface area contributed by atoms with Gasteiger partial charge in [-0.15, -0.1) is 0 Å². The first-order valence-corrected chi connectivity index (χ1v) is 9.13. The van der Waals surface area contributed by atoms with E-state index in [9.17, 15) is 9.59 Å². The first kappa shape index (κ1) is 19.7. The highest BCUT2D eigenvalue weighted by Crippen LogP contribution is 2.22. The summed E-state index contributed by atoms with van der Waals surface area (Å²) in [5, 5.41) is 6.26. The van der Waals surface area contributed by atoms with E-state index in [4.69, 9.17) is 17.3 Å². The molecule has 1 saturated heterocycles. The summed E-state index contributed by atoms with van der Waals surface area (Å²) in [6.45, 7) is 3.95. The molecule has 25 heavy (non-hydrogen) atoms. The molecule has 7 heteroatoms. The Morgan fingerprint density at radius 3 is 2.64 bits per heavy atom. The minimum absolute atomic E-state index is 0.0554. The van der Waals surface area contributed by atoms with Crippen LogP contribution in [-0.4, -0.2) is 49.9 Å². The van der Waals surface area contributed by atoms with Crippen LogP contribution in [-0.2, 0) is 4.79 Å². The number of primary amides is 1. The van der Waals surface area contributed by atoms with Gasteiger partial charge in [-0.2, -0.15) is 0 Å². The molecule has 1 fully saturated rings. The van der Waals surface area contributed by atoms with Gasteiger partial charge in [0.05, 0.1) is 10.6 Å². The highest BCUT2D eigenvalue weighted by atomic mass is 35.5. The fraction of sp³-hybridized carbons (Fsp3) is 0.556. The Balaban J connectivity index is 1.73. The Kier molecular flexibility index (Phi) is 7.68. The Labute approximate surface area is 154 Å². The second kappa shape index (κ2) is 9.75. The van der Waals surface area contributed by atoms with Gasteiger partial charge in [-0.1, -0.05) is 11.6 Å². The van der Waals surface area contributed by atoms with Crippen LogP contribution in [0.2, 0.25) is 5.02 Å². The third-order valence-electron chi connectivity index (χ3n) is 4.68. The molecule has 0 aromatic heterocycles. The fourth-order valence-electron chi connectivity index (χ4n) is 3.12. The number of benzene rings is 1. The Morgan fingerprint density at radius 1 is 1.32 bits per heavy atom. The summed E-state index contributed by atoms with van der Waals surface area (Å²) in [6.07, 6.45) is 4.07. The van der Waals surface area contributed by atoms with Gasteiger partial charge in [-0.3, -0.25) is 9.59 Å². The number of carbonyl (C=O) groups is 2. The Morgan fingerprint density at radius 2 is 2.04 bits per heavy atom. The van der Waals surface area contributed by atoms with Crippen LogP contribution in [0, 0.1) is 5.92 Å². The van der Waals surface area contributed by atoms with Crippen LogP contribution in [0.1, 0.15) is 36.0 Å². The summed E-state index contributed by atoms with van der Waals surface area (Å²) in [7, 11) is 1.99. The second-order valence-electron chi connectivity index (χ2n) is 6.53. The number of nitrogens with one attached hydrogen (secondary N) is 2. The van der Waals surface area contributed by atoms with Crippen molar-refractivity contribution in [2.75, 3.05) is 38.5 Å². The van der Waals surface area contributed by atoms with Crippen LogP contribution in [0.5, 0.6) is 0 Å². The normalized spacial score (nSPS) is 15.9. The summed E-state index contributed by atoms with van der Waals surface area (Å²) in [4.78, 5) is 25.6. The lowest BCUT2D eigenvalue weighted by atomic mass is 9.93. The molecule has 0 unspecified atom stereocenters. The zero-order valence-corrected chi connectivity index (χ0v) is 15.4. The maximum Gasteiger partial charge on any atom is 0.250 e. The quantitative estimate of drug-likeness (QED) is 0.657. The van der Waals surface area contributed by atoms with Crippen LogP contribution in [0.3, 0.4) is 0 Å². The van der Waals surface area contributed by atoms with Gasteiger partial charge in [-0.25, -0.2) is 0 Å². The zero-order valence-electron chi connectivity index (χ0n) is 14.7. The van der Waals surface area contributed by atoms with E-state index in [0.717, 1.165) is 32.1 Å². The van der Waals surface area contributed by atoms with E-state index in [-0.39, 0.29) is 16.5 Å². The number of hydrogen-bond acceptors (Lipinski definition) is 4. The molecule has 1 aromatic rings. The van der Waals surface area contributed by atoms with Gasteiger partial charge in [0.15, 0.2) is 0 Å². The molecule has 0 aliphatic carbocycles. The molecule has 4 N–H and O–H groups in total. The number of piperidine rings is 1. The van der Waals surface area contributed by atoms with Gasteiger partial charge in [0.1, 0.15) is 0 Å². The van der Waals surface area contributed by atoms with E-state index in [1.807, 2.05) is 7.05 Å². The topological polar surface area (TPSA) is 87.5 Å². The maximum absolute atomic E-state index is 12.1. The van der Waals surface area contributed by atoms with Crippen molar-refractivity contribution in [1.82, 2.24) is 10.2 Å². The fourth-order valence-corrected chi connectivity index (χ4v) is 3.40. The third kappa shape index (κ3) is 6.30. The molecule has 2 amide bonds. The standard InChI is InChI=1S/C18H27ClN4O2/c1-21-8-4-13-5-9-23(10-6-13)11-7-17(24)22-14-2-3-15(18(20)25)16(19)12-14/h2-3,12-13,21H,4-11H2,1H3,(H2,20,25)(H,22,24).